The lowest BCUT2D eigenvalue weighted by Gasteiger charge is -2.40. The van der Waals surface area contributed by atoms with Gasteiger partial charge in [-0.1, -0.05) is 11.6 Å². The van der Waals surface area contributed by atoms with Gasteiger partial charge in [0.25, 0.3) is 0 Å². The number of carbonyl (C=O) groups is 1. The van der Waals surface area contributed by atoms with Gasteiger partial charge in [-0.2, -0.15) is 5.26 Å². The first-order chi connectivity index (χ1) is 10.7. The number of amides is 1. The first-order valence-corrected chi connectivity index (χ1v) is 7.76. The smallest absolute Gasteiger partial charge is 0.410 e. The number of hydrogen-bond donors (Lipinski definition) is 0. The van der Waals surface area contributed by atoms with Gasteiger partial charge in [-0.15, -0.1) is 0 Å². The van der Waals surface area contributed by atoms with Crippen molar-refractivity contribution in [3.8, 4) is 6.07 Å². The molecule has 2 rings (SSSR count). The van der Waals surface area contributed by atoms with E-state index < -0.39 is 5.60 Å². The quantitative estimate of drug-likeness (QED) is 0.782. The zero-order chi connectivity index (χ0) is 17.2. The van der Waals surface area contributed by atoms with Crippen LogP contribution in [0.2, 0.25) is 5.15 Å². The molecular weight excluding hydrogens is 318 g/mol. The summed E-state index contributed by atoms with van der Waals surface area (Å²) in [6, 6.07) is 1.85. The number of piperazine rings is 1. The Morgan fingerprint density at radius 2 is 2.17 bits per heavy atom. The van der Waals surface area contributed by atoms with E-state index in [1.807, 2.05) is 38.7 Å². The van der Waals surface area contributed by atoms with Crippen LogP contribution in [-0.4, -0.2) is 52.2 Å². The van der Waals surface area contributed by atoms with Gasteiger partial charge in [0.2, 0.25) is 0 Å². The van der Waals surface area contributed by atoms with Crippen molar-refractivity contribution in [2.75, 3.05) is 24.5 Å². The zero-order valence-corrected chi connectivity index (χ0v) is 14.5. The Bertz CT molecular complexity index is 638. The molecule has 124 valence electrons. The summed E-state index contributed by atoms with van der Waals surface area (Å²) in [6.45, 7) is 9.21. The second-order valence-electron chi connectivity index (χ2n) is 6.45. The van der Waals surface area contributed by atoms with E-state index in [0.717, 1.165) is 0 Å². The van der Waals surface area contributed by atoms with Gasteiger partial charge >= 0.3 is 6.09 Å². The predicted molar refractivity (Wildman–Crippen MR) is 86.4 cm³/mol. The largest absolute Gasteiger partial charge is 0.444 e. The summed E-state index contributed by atoms with van der Waals surface area (Å²) in [5, 5.41) is 8.93. The van der Waals surface area contributed by atoms with E-state index in [4.69, 9.17) is 21.6 Å². The highest BCUT2D eigenvalue weighted by Crippen LogP contribution is 2.21. The molecule has 0 aromatic carbocycles. The van der Waals surface area contributed by atoms with Crippen LogP contribution in [0.1, 0.15) is 33.4 Å². The van der Waals surface area contributed by atoms with Crippen LogP contribution in [0.4, 0.5) is 10.6 Å². The monoisotopic (exact) mass is 337 g/mol. The third-order valence-electron chi connectivity index (χ3n) is 3.40. The summed E-state index contributed by atoms with van der Waals surface area (Å²) < 4.78 is 5.42. The predicted octanol–water partition coefficient (Wildman–Crippen LogP) is 2.45. The average Bonchev–Trinajstić information content (AvgIpc) is 2.45. The van der Waals surface area contributed by atoms with Gasteiger partial charge in [-0.05, 0) is 27.7 Å². The maximum Gasteiger partial charge on any atom is 0.410 e. The fourth-order valence-corrected chi connectivity index (χ4v) is 2.52. The van der Waals surface area contributed by atoms with Crippen LogP contribution < -0.4 is 4.90 Å². The number of aromatic nitrogens is 2. The van der Waals surface area contributed by atoms with E-state index in [2.05, 4.69) is 9.97 Å². The molecule has 8 heteroatoms. The lowest BCUT2D eigenvalue weighted by atomic mass is 10.2. The molecule has 0 aliphatic carbocycles. The van der Waals surface area contributed by atoms with Gasteiger partial charge in [-0.25, -0.2) is 14.8 Å². The van der Waals surface area contributed by atoms with Crippen molar-refractivity contribution in [2.24, 2.45) is 0 Å². The van der Waals surface area contributed by atoms with Gasteiger partial charge in [0.15, 0.2) is 10.8 Å². The highest BCUT2D eigenvalue weighted by molar-refractivity contribution is 6.30. The molecule has 1 aromatic rings. The van der Waals surface area contributed by atoms with Crippen molar-refractivity contribution in [1.29, 1.82) is 5.26 Å². The number of rotatable bonds is 1. The lowest BCUT2D eigenvalue weighted by Crippen LogP contribution is -2.55. The van der Waals surface area contributed by atoms with E-state index in [0.29, 0.717) is 25.5 Å². The number of halogens is 1. The molecule has 1 saturated heterocycles. The van der Waals surface area contributed by atoms with Gasteiger partial charge in [0, 0.05) is 25.7 Å². The second kappa shape index (κ2) is 6.59. The molecule has 0 bridgehead atoms. The maximum absolute atomic E-state index is 12.2. The van der Waals surface area contributed by atoms with Crippen molar-refractivity contribution in [1.82, 2.24) is 14.9 Å². The first kappa shape index (κ1) is 17.3. The Kier molecular flexibility index (Phi) is 4.95. The van der Waals surface area contributed by atoms with Gasteiger partial charge in [0.05, 0.1) is 6.20 Å². The molecule has 0 unspecified atom stereocenters. The summed E-state index contributed by atoms with van der Waals surface area (Å²) in [5.74, 6) is 0.602. The first-order valence-electron chi connectivity index (χ1n) is 7.38. The minimum atomic E-state index is -0.514. The topological polar surface area (TPSA) is 82.4 Å². The number of nitrogens with zero attached hydrogens (tertiary/aromatic N) is 5. The number of carbonyl (C=O) groups excluding carboxylic acids is 1. The van der Waals surface area contributed by atoms with Crippen LogP contribution in [0.25, 0.3) is 0 Å². The molecular formula is C15H20ClN5O2. The van der Waals surface area contributed by atoms with E-state index in [9.17, 15) is 4.79 Å². The fourth-order valence-electron chi connectivity index (χ4n) is 2.34. The summed E-state index contributed by atoms with van der Waals surface area (Å²) in [7, 11) is 0. The molecule has 23 heavy (non-hydrogen) atoms. The summed E-state index contributed by atoms with van der Waals surface area (Å²) in [6.07, 6.45) is 1.22. The lowest BCUT2D eigenvalue weighted by molar-refractivity contribution is 0.0158. The SMILES string of the molecule is C[C@@H]1CN(c2cnc(C#N)c(Cl)n2)CCN1C(=O)OC(C)(C)C. The normalized spacial score (nSPS) is 18.5. The van der Waals surface area contributed by atoms with E-state index >= 15 is 0 Å². The molecule has 0 spiro atoms. The third-order valence-corrected chi connectivity index (χ3v) is 3.67. The van der Waals surface area contributed by atoms with Crippen molar-refractivity contribution in [3.05, 3.63) is 17.0 Å². The van der Waals surface area contributed by atoms with Crippen LogP contribution in [0, 0.1) is 11.3 Å². The number of anilines is 1. The maximum atomic E-state index is 12.2. The summed E-state index contributed by atoms with van der Waals surface area (Å²) >= 11 is 5.93. The highest BCUT2D eigenvalue weighted by atomic mass is 35.5. The Balaban J connectivity index is 2.05. The molecule has 0 N–H and O–H groups in total. The molecule has 1 aromatic heterocycles. The molecule has 1 aliphatic rings. The van der Waals surface area contributed by atoms with Gasteiger partial charge in [0.1, 0.15) is 17.5 Å². The molecule has 1 atom stereocenters. The molecule has 0 saturated carbocycles. The standard InChI is InChI=1S/C15H20ClN5O2/c1-10-9-20(12-8-18-11(7-17)13(16)19-12)5-6-21(10)14(22)23-15(2,3)4/h8,10H,5-6,9H2,1-4H3/t10-/m1/s1. The Morgan fingerprint density at radius 1 is 1.48 bits per heavy atom. The molecule has 7 nitrogen and oxygen atoms in total. The number of nitriles is 1. The van der Waals surface area contributed by atoms with Crippen molar-refractivity contribution in [2.45, 2.75) is 39.3 Å². The highest BCUT2D eigenvalue weighted by Gasteiger charge is 2.31. The van der Waals surface area contributed by atoms with Crippen molar-refractivity contribution in [3.63, 3.8) is 0 Å². The van der Waals surface area contributed by atoms with Crippen molar-refractivity contribution >= 4 is 23.5 Å². The fraction of sp³-hybridized carbons (Fsp3) is 0.600. The van der Waals surface area contributed by atoms with Crippen LogP contribution in [-0.2, 0) is 4.74 Å². The molecule has 1 fully saturated rings. The molecule has 2 heterocycles. The third kappa shape index (κ3) is 4.23. The van der Waals surface area contributed by atoms with Gasteiger partial charge < -0.3 is 14.5 Å². The molecule has 1 amide bonds. The minimum Gasteiger partial charge on any atom is -0.444 e. The van der Waals surface area contributed by atoms with Crippen LogP contribution in [0.3, 0.4) is 0 Å². The van der Waals surface area contributed by atoms with Crippen LogP contribution >= 0.6 is 11.6 Å². The Labute approximate surface area is 140 Å². The Morgan fingerprint density at radius 3 is 2.70 bits per heavy atom. The zero-order valence-electron chi connectivity index (χ0n) is 13.7. The molecule has 0 radical (unpaired) electrons. The number of hydrogen-bond acceptors (Lipinski definition) is 6. The van der Waals surface area contributed by atoms with E-state index in [1.54, 1.807) is 4.90 Å². The summed E-state index contributed by atoms with van der Waals surface area (Å²) in [5.41, 5.74) is -0.407. The van der Waals surface area contributed by atoms with E-state index in [-0.39, 0.29) is 23.0 Å². The van der Waals surface area contributed by atoms with Crippen LogP contribution in [0.5, 0.6) is 0 Å². The molecule has 1 aliphatic heterocycles. The second-order valence-corrected chi connectivity index (χ2v) is 6.81. The summed E-state index contributed by atoms with van der Waals surface area (Å²) in [4.78, 5) is 24.1. The van der Waals surface area contributed by atoms with Crippen molar-refractivity contribution < 1.29 is 9.53 Å². The number of ether oxygens (including phenoxy) is 1. The minimum absolute atomic E-state index is 0.0326. The van der Waals surface area contributed by atoms with Gasteiger partial charge in [-0.3, -0.25) is 0 Å². The van der Waals surface area contributed by atoms with Crippen LogP contribution in [0.15, 0.2) is 6.20 Å². The van der Waals surface area contributed by atoms with E-state index in [1.165, 1.54) is 6.20 Å². The average molecular weight is 338 g/mol. The Hall–Kier alpha value is -2.07.